The Morgan fingerprint density at radius 3 is 2.30 bits per heavy atom. The fraction of sp³-hybridized carbons (Fsp3) is 0.333. The molecule has 1 N–H and O–H groups in total. The molecule has 0 atom stereocenters. The van der Waals surface area contributed by atoms with Gasteiger partial charge < -0.3 is 4.98 Å². The van der Waals surface area contributed by atoms with E-state index in [1.807, 2.05) is 13.1 Å². The van der Waals surface area contributed by atoms with Crippen molar-refractivity contribution in [3.8, 4) is 0 Å². The second-order valence-corrected chi connectivity index (χ2v) is 2.73. The largest absolute Gasteiger partial charge is 0.364 e. The molecular formula is C9H13N. The van der Waals surface area contributed by atoms with Crippen molar-refractivity contribution < 1.29 is 0 Å². The lowest BCUT2D eigenvalue weighted by atomic mass is 10.1. The number of aromatic nitrogens is 1. The van der Waals surface area contributed by atoms with Crippen LogP contribution in [-0.2, 0) is 0 Å². The van der Waals surface area contributed by atoms with Crippen LogP contribution in [0.15, 0.2) is 12.8 Å². The van der Waals surface area contributed by atoms with Gasteiger partial charge >= 0.3 is 0 Å². The van der Waals surface area contributed by atoms with E-state index in [-0.39, 0.29) is 0 Å². The first-order valence-corrected chi connectivity index (χ1v) is 3.43. The van der Waals surface area contributed by atoms with Crippen molar-refractivity contribution in [3.63, 3.8) is 0 Å². The number of aryl methyl sites for hydroxylation is 1. The van der Waals surface area contributed by atoms with Gasteiger partial charge in [0, 0.05) is 11.9 Å². The van der Waals surface area contributed by atoms with E-state index in [0.717, 1.165) is 5.57 Å². The Morgan fingerprint density at radius 1 is 1.50 bits per heavy atom. The molecule has 0 unspecified atom stereocenters. The van der Waals surface area contributed by atoms with Crippen molar-refractivity contribution in [3.05, 3.63) is 29.6 Å². The first-order valence-electron chi connectivity index (χ1n) is 3.43. The van der Waals surface area contributed by atoms with Crippen LogP contribution in [0.2, 0.25) is 0 Å². The molecule has 0 fully saturated rings. The molecule has 0 spiro atoms. The van der Waals surface area contributed by atoms with Crippen LogP contribution in [0.25, 0.3) is 5.57 Å². The Morgan fingerprint density at radius 2 is 2.10 bits per heavy atom. The lowest BCUT2D eigenvalue weighted by molar-refractivity contribution is 1.23. The summed E-state index contributed by atoms with van der Waals surface area (Å²) in [5, 5.41) is 0. The predicted octanol–water partition coefficient (Wildman–Crippen LogP) is 2.66. The minimum atomic E-state index is 1.13. The zero-order valence-corrected chi connectivity index (χ0v) is 6.78. The van der Waals surface area contributed by atoms with Crippen LogP contribution in [0.5, 0.6) is 0 Å². The highest BCUT2D eigenvalue weighted by Crippen LogP contribution is 2.18. The van der Waals surface area contributed by atoms with Gasteiger partial charge in [0.1, 0.15) is 0 Å². The van der Waals surface area contributed by atoms with Gasteiger partial charge in [0.15, 0.2) is 0 Å². The van der Waals surface area contributed by atoms with Crippen LogP contribution in [-0.4, -0.2) is 4.98 Å². The van der Waals surface area contributed by atoms with Crippen molar-refractivity contribution in [2.45, 2.75) is 20.8 Å². The third-order valence-corrected chi connectivity index (χ3v) is 1.86. The molecule has 0 aliphatic carbocycles. The summed E-state index contributed by atoms with van der Waals surface area (Å²) in [5.41, 5.74) is 4.92. The maximum atomic E-state index is 3.88. The minimum absolute atomic E-state index is 1.13. The van der Waals surface area contributed by atoms with Gasteiger partial charge in [0.2, 0.25) is 0 Å². The summed E-state index contributed by atoms with van der Waals surface area (Å²) in [5.74, 6) is 0. The van der Waals surface area contributed by atoms with E-state index in [9.17, 15) is 0 Å². The number of rotatable bonds is 1. The van der Waals surface area contributed by atoms with Crippen LogP contribution in [0.4, 0.5) is 0 Å². The van der Waals surface area contributed by atoms with E-state index in [1.54, 1.807) is 0 Å². The molecule has 54 valence electrons. The summed E-state index contributed by atoms with van der Waals surface area (Å²) in [6, 6.07) is 0. The van der Waals surface area contributed by atoms with Crippen molar-refractivity contribution in [1.29, 1.82) is 0 Å². The molecule has 1 heterocycles. The fourth-order valence-corrected chi connectivity index (χ4v) is 1.04. The number of hydrogen-bond acceptors (Lipinski definition) is 0. The van der Waals surface area contributed by atoms with Gasteiger partial charge in [0.25, 0.3) is 0 Å². The van der Waals surface area contributed by atoms with E-state index >= 15 is 0 Å². The maximum Gasteiger partial charge on any atom is 0.0151 e. The summed E-state index contributed by atoms with van der Waals surface area (Å²) in [4.78, 5) is 3.16. The van der Waals surface area contributed by atoms with E-state index in [0.29, 0.717) is 0 Å². The molecule has 0 saturated heterocycles. The number of H-pyrrole nitrogens is 1. The van der Waals surface area contributed by atoms with E-state index in [1.165, 1.54) is 16.8 Å². The third kappa shape index (κ3) is 0.991. The maximum absolute atomic E-state index is 3.88. The van der Waals surface area contributed by atoms with E-state index in [2.05, 4.69) is 25.4 Å². The number of allylic oxidation sites excluding steroid dienone is 1. The topological polar surface area (TPSA) is 15.8 Å². The van der Waals surface area contributed by atoms with Gasteiger partial charge in [-0.15, -0.1) is 0 Å². The van der Waals surface area contributed by atoms with E-state index < -0.39 is 0 Å². The molecule has 0 saturated carbocycles. The summed E-state index contributed by atoms with van der Waals surface area (Å²) >= 11 is 0. The van der Waals surface area contributed by atoms with Gasteiger partial charge in [-0.2, -0.15) is 0 Å². The highest BCUT2D eigenvalue weighted by Gasteiger charge is 2.01. The Balaban J connectivity index is 3.17. The predicted molar refractivity (Wildman–Crippen MR) is 45.0 cm³/mol. The lowest BCUT2D eigenvalue weighted by Crippen LogP contribution is -1.78. The first-order chi connectivity index (χ1) is 4.63. The number of hydrogen-bond donors (Lipinski definition) is 1. The molecule has 1 nitrogen and oxygen atoms in total. The lowest BCUT2D eigenvalue weighted by Gasteiger charge is -1.95. The fourth-order valence-electron chi connectivity index (χ4n) is 1.04. The molecule has 1 heteroatoms. The van der Waals surface area contributed by atoms with Crippen LogP contribution in [0.3, 0.4) is 0 Å². The summed E-state index contributed by atoms with van der Waals surface area (Å²) < 4.78 is 0. The van der Waals surface area contributed by atoms with Gasteiger partial charge in [-0.3, -0.25) is 0 Å². The van der Waals surface area contributed by atoms with Crippen LogP contribution >= 0.6 is 0 Å². The van der Waals surface area contributed by atoms with Crippen molar-refractivity contribution in [2.24, 2.45) is 0 Å². The SMILES string of the molecule is C=C(C)c1c[nH]c(C)c1C. The Labute approximate surface area is 61.8 Å². The molecule has 10 heavy (non-hydrogen) atoms. The monoisotopic (exact) mass is 135 g/mol. The first kappa shape index (κ1) is 7.13. The van der Waals surface area contributed by atoms with Crippen LogP contribution < -0.4 is 0 Å². The van der Waals surface area contributed by atoms with Gasteiger partial charge in [0.05, 0.1) is 0 Å². The smallest absolute Gasteiger partial charge is 0.0151 e. The van der Waals surface area contributed by atoms with Crippen molar-refractivity contribution in [1.82, 2.24) is 4.98 Å². The van der Waals surface area contributed by atoms with Gasteiger partial charge in [-0.25, -0.2) is 0 Å². The second-order valence-electron chi connectivity index (χ2n) is 2.73. The summed E-state index contributed by atoms with van der Waals surface area (Å²) in [7, 11) is 0. The molecule has 1 aromatic heterocycles. The van der Waals surface area contributed by atoms with Crippen molar-refractivity contribution >= 4 is 5.57 Å². The van der Waals surface area contributed by atoms with E-state index in [4.69, 9.17) is 0 Å². The van der Waals surface area contributed by atoms with Gasteiger partial charge in [-0.05, 0) is 37.5 Å². The van der Waals surface area contributed by atoms with Gasteiger partial charge in [-0.1, -0.05) is 6.58 Å². The number of aromatic amines is 1. The highest BCUT2D eigenvalue weighted by atomic mass is 14.7. The Kier molecular flexibility index (Phi) is 1.66. The second kappa shape index (κ2) is 2.33. The zero-order chi connectivity index (χ0) is 7.72. The molecule has 1 aromatic rings. The number of nitrogens with one attached hydrogen (secondary N) is 1. The molecule has 0 bridgehead atoms. The minimum Gasteiger partial charge on any atom is -0.364 e. The molecule has 0 amide bonds. The molecule has 1 rings (SSSR count). The average Bonchev–Trinajstić information content (AvgIpc) is 2.14. The van der Waals surface area contributed by atoms with Crippen LogP contribution in [0, 0.1) is 13.8 Å². The third-order valence-electron chi connectivity index (χ3n) is 1.86. The Bertz CT molecular complexity index is 256. The molecular weight excluding hydrogens is 122 g/mol. The normalized spacial score (nSPS) is 9.90. The Hall–Kier alpha value is -0.980. The zero-order valence-electron chi connectivity index (χ0n) is 6.78. The van der Waals surface area contributed by atoms with Crippen LogP contribution in [0.1, 0.15) is 23.7 Å². The standard InChI is InChI=1S/C9H13N/c1-6(2)9-5-10-8(4)7(9)3/h5,10H,1H2,2-4H3. The summed E-state index contributed by atoms with van der Waals surface area (Å²) in [6.45, 7) is 10.1. The molecule has 0 aliphatic heterocycles. The molecule has 0 aromatic carbocycles. The molecule has 0 aliphatic rings. The summed E-state index contributed by atoms with van der Waals surface area (Å²) in [6.07, 6.45) is 2.01. The average molecular weight is 135 g/mol. The highest BCUT2D eigenvalue weighted by molar-refractivity contribution is 5.64. The van der Waals surface area contributed by atoms with Crippen molar-refractivity contribution in [2.75, 3.05) is 0 Å². The quantitative estimate of drug-likeness (QED) is 0.609. The molecule has 0 radical (unpaired) electrons.